The van der Waals surface area contributed by atoms with Gasteiger partial charge in [0.2, 0.25) is 0 Å². The molecule has 0 saturated carbocycles. The lowest BCUT2D eigenvalue weighted by molar-refractivity contribution is 0.383. The minimum Gasteiger partial charge on any atom is -0.314 e. The Morgan fingerprint density at radius 2 is 1.89 bits per heavy atom. The molecule has 1 unspecified atom stereocenters. The first-order chi connectivity index (χ1) is 8.92. The fourth-order valence-corrected chi connectivity index (χ4v) is 3.45. The molecule has 98 valence electrons. The van der Waals surface area contributed by atoms with Crippen LogP contribution in [0.3, 0.4) is 0 Å². The molecule has 1 saturated heterocycles. The molecule has 3 rings (SSSR count). The van der Waals surface area contributed by atoms with Gasteiger partial charge in [-0.05, 0) is 74.6 Å². The Hall–Kier alpha value is -0.820. The van der Waals surface area contributed by atoms with Gasteiger partial charge >= 0.3 is 0 Å². The first kappa shape index (κ1) is 12.2. The Bertz CT molecular complexity index is 391. The lowest BCUT2D eigenvalue weighted by atomic mass is 9.89. The van der Waals surface area contributed by atoms with Crippen LogP contribution in [0.4, 0.5) is 0 Å². The second kappa shape index (κ2) is 5.88. The summed E-state index contributed by atoms with van der Waals surface area (Å²) in [4.78, 5) is 0. The van der Waals surface area contributed by atoms with Crippen LogP contribution in [0.2, 0.25) is 0 Å². The molecule has 1 heterocycles. The van der Waals surface area contributed by atoms with Crippen LogP contribution in [-0.4, -0.2) is 12.6 Å². The van der Waals surface area contributed by atoms with Crippen molar-refractivity contribution in [3.8, 4) is 0 Å². The lowest BCUT2D eigenvalue weighted by Crippen LogP contribution is -2.34. The Kier molecular flexibility index (Phi) is 3.99. The first-order valence-corrected chi connectivity index (χ1v) is 7.76. The quantitative estimate of drug-likeness (QED) is 0.854. The molecule has 0 aromatic heterocycles. The van der Waals surface area contributed by atoms with E-state index in [4.69, 9.17) is 0 Å². The van der Waals surface area contributed by atoms with Gasteiger partial charge in [-0.1, -0.05) is 24.6 Å². The summed E-state index contributed by atoms with van der Waals surface area (Å²) in [5, 5.41) is 3.65. The van der Waals surface area contributed by atoms with Crippen molar-refractivity contribution < 1.29 is 0 Å². The highest BCUT2D eigenvalue weighted by Gasteiger charge is 2.13. The van der Waals surface area contributed by atoms with E-state index in [0.29, 0.717) is 0 Å². The third-order valence-corrected chi connectivity index (χ3v) is 4.61. The topological polar surface area (TPSA) is 12.0 Å². The smallest absolute Gasteiger partial charge is 0.00702 e. The number of rotatable bonds is 3. The molecular formula is C17H25N. The van der Waals surface area contributed by atoms with E-state index in [9.17, 15) is 0 Å². The third-order valence-electron chi connectivity index (χ3n) is 4.61. The molecule has 0 amide bonds. The van der Waals surface area contributed by atoms with Crippen LogP contribution in [0.25, 0.3) is 0 Å². The van der Waals surface area contributed by atoms with Gasteiger partial charge in [-0.15, -0.1) is 0 Å². The van der Waals surface area contributed by atoms with Crippen molar-refractivity contribution in [3.63, 3.8) is 0 Å². The molecule has 1 aromatic rings. The summed E-state index contributed by atoms with van der Waals surface area (Å²) >= 11 is 0. The van der Waals surface area contributed by atoms with Crippen molar-refractivity contribution in [2.75, 3.05) is 6.54 Å². The van der Waals surface area contributed by atoms with Crippen LogP contribution in [0, 0.1) is 0 Å². The molecule has 1 nitrogen and oxygen atoms in total. The van der Waals surface area contributed by atoms with E-state index in [2.05, 4.69) is 23.5 Å². The van der Waals surface area contributed by atoms with Crippen LogP contribution >= 0.6 is 0 Å². The Morgan fingerprint density at radius 3 is 2.72 bits per heavy atom. The van der Waals surface area contributed by atoms with Gasteiger partial charge in [-0.2, -0.15) is 0 Å². The highest BCUT2D eigenvalue weighted by Crippen LogP contribution is 2.23. The largest absolute Gasteiger partial charge is 0.314 e. The summed E-state index contributed by atoms with van der Waals surface area (Å²) in [5.74, 6) is 0. The summed E-state index contributed by atoms with van der Waals surface area (Å²) in [6, 6.07) is 8.01. The van der Waals surface area contributed by atoms with Gasteiger partial charge in [0.25, 0.3) is 0 Å². The average molecular weight is 243 g/mol. The van der Waals surface area contributed by atoms with Gasteiger partial charge in [-0.25, -0.2) is 0 Å². The number of fused-ring (bicyclic) bond motifs is 1. The highest BCUT2D eigenvalue weighted by molar-refractivity contribution is 5.33. The zero-order valence-corrected chi connectivity index (χ0v) is 11.4. The lowest BCUT2D eigenvalue weighted by Gasteiger charge is -2.23. The summed E-state index contributed by atoms with van der Waals surface area (Å²) in [5.41, 5.74) is 4.80. The van der Waals surface area contributed by atoms with Gasteiger partial charge in [0, 0.05) is 6.04 Å². The highest BCUT2D eigenvalue weighted by atomic mass is 14.9. The first-order valence-electron chi connectivity index (χ1n) is 7.76. The summed E-state index contributed by atoms with van der Waals surface area (Å²) in [7, 11) is 0. The van der Waals surface area contributed by atoms with Crippen molar-refractivity contribution in [2.24, 2.45) is 0 Å². The van der Waals surface area contributed by atoms with Crippen molar-refractivity contribution in [3.05, 3.63) is 34.9 Å². The summed E-state index contributed by atoms with van der Waals surface area (Å²) in [6.07, 6.45) is 12.1. The van der Waals surface area contributed by atoms with Crippen molar-refractivity contribution in [2.45, 2.75) is 63.8 Å². The molecule has 2 aliphatic rings. The van der Waals surface area contributed by atoms with E-state index in [1.807, 2.05) is 0 Å². The standard InChI is InChI=1S/C17H25N/c1-2-6-16-13-14(8-10-15(16)5-1)9-11-17-7-3-4-12-18-17/h8,10,13,17-18H,1-7,9,11-12H2. The maximum atomic E-state index is 3.65. The van der Waals surface area contributed by atoms with E-state index in [-0.39, 0.29) is 0 Å². The fraction of sp³-hybridized carbons (Fsp3) is 0.647. The van der Waals surface area contributed by atoms with Crippen LogP contribution in [-0.2, 0) is 19.3 Å². The number of hydrogen-bond acceptors (Lipinski definition) is 1. The van der Waals surface area contributed by atoms with Gasteiger partial charge in [0.1, 0.15) is 0 Å². The molecule has 1 aliphatic carbocycles. The monoisotopic (exact) mass is 243 g/mol. The molecule has 1 atom stereocenters. The Labute approximate surface area is 111 Å². The zero-order valence-electron chi connectivity index (χ0n) is 11.4. The van der Waals surface area contributed by atoms with E-state index in [0.717, 1.165) is 6.04 Å². The van der Waals surface area contributed by atoms with Gasteiger partial charge in [0.05, 0.1) is 0 Å². The molecule has 0 spiro atoms. The minimum absolute atomic E-state index is 0.773. The van der Waals surface area contributed by atoms with Crippen molar-refractivity contribution >= 4 is 0 Å². The maximum Gasteiger partial charge on any atom is 0.00702 e. The number of hydrogen-bond donors (Lipinski definition) is 1. The van der Waals surface area contributed by atoms with Gasteiger partial charge in [-0.3, -0.25) is 0 Å². The van der Waals surface area contributed by atoms with Crippen LogP contribution in [0.5, 0.6) is 0 Å². The SMILES string of the molecule is c1cc2c(cc1CCC1CCCCN1)CCCC2. The van der Waals surface area contributed by atoms with Crippen LogP contribution in [0.15, 0.2) is 18.2 Å². The zero-order chi connectivity index (χ0) is 12.2. The third kappa shape index (κ3) is 2.95. The second-order valence-corrected chi connectivity index (χ2v) is 6.00. The second-order valence-electron chi connectivity index (χ2n) is 6.00. The predicted octanol–water partition coefficient (Wildman–Crippen LogP) is 3.64. The Balaban J connectivity index is 1.58. The van der Waals surface area contributed by atoms with Gasteiger partial charge < -0.3 is 5.32 Å². The summed E-state index contributed by atoms with van der Waals surface area (Å²) in [6.45, 7) is 1.23. The van der Waals surface area contributed by atoms with E-state index in [1.165, 1.54) is 64.3 Å². The minimum atomic E-state index is 0.773. The predicted molar refractivity (Wildman–Crippen MR) is 77.0 cm³/mol. The fourth-order valence-electron chi connectivity index (χ4n) is 3.45. The van der Waals surface area contributed by atoms with E-state index < -0.39 is 0 Å². The molecule has 1 aromatic carbocycles. The average Bonchev–Trinajstić information content (AvgIpc) is 2.46. The van der Waals surface area contributed by atoms with Crippen molar-refractivity contribution in [1.29, 1.82) is 0 Å². The van der Waals surface area contributed by atoms with Crippen LogP contribution < -0.4 is 5.32 Å². The molecule has 1 heteroatoms. The van der Waals surface area contributed by atoms with E-state index in [1.54, 1.807) is 16.7 Å². The molecule has 1 aliphatic heterocycles. The maximum absolute atomic E-state index is 3.65. The molecular weight excluding hydrogens is 218 g/mol. The molecule has 0 bridgehead atoms. The molecule has 18 heavy (non-hydrogen) atoms. The molecule has 0 radical (unpaired) electrons. The number of aryl methyl sites for hydroxylation is 3. The van der Waals surface area contributed by atoms with Crippen molar-refractivity contribution in [1.82, 2.24) is 5.32 Å². The number of piperidine rings is 1. The van der Waals surface area contributed by atoms with E-state index >= 15 is 0 Å². The number of nitrogens with one attached hydrogen (secondary N) is 1. The number of benzene rings is 1. The summed E-state index contributed by atoms with van der Waals surface area (Å²) < 4.78 is 0. The normalized spacial score (nSPS) is 23.7. The van der Waals surface area contributed by atoms with Crippen LogP contribution in [0.1, 0.15) is 55.2 Å². The molecule has 1 fully saturated rings. The van der Waals surface area contributed by atoms with Gasteiger partial charge in [0.15, 0.2) is 0 Å². The Morgan fingerprint density at radius 1 is 1.00 bits per heavy atom. The molecule has 1 N–H and O–H groups in total.